The fourth-order valence-electron chi connectivity index (χ4n) is 1.28. The number of aromatic nitrogens is 4. The molecule has 1 N–H and O–H groups in total. The van der Waals surface area contributed by atoms with Gasteiger partial charge in [0, 0.05) is 28.7 Å². The van der Waals surface area contributed by atoms with E-state index in [0.29, 0.717) is 18.9 Å². The van der Waals surface area contributed by atoms with Gasteiger partial charge in [0.1, 0.15) is 0 Å². The average Bonchev–Trinajstić information content (AvgIpc) is 2.77. The molecule has 0 aromatic carbocycles. The molecule has 5 nitrogen and oxygen atoms in total. The standard InChI is InChI=1S/C10H11FIN5/c11-2-1-3-17-7-9(6-15-17)16-10-13-4-8(12)5-14-10/h4-7H,1-3H2,(H,13,14,16). The molecular weight excluding hydrogens is 336 g/mol. The normalized spacial score (nSPS) is 10.5. The highest BCUT2D eigenvalue weighted by atomic mass is 127. The summed E-state index contributed by atoms with van der Waals surface area (Å²) in [5, 5.41) is 7.12. The SMILES string of the molecule is FCCCn1cc(Nc2ncc(I)cn2)cn1. The first-order valence-corrected chi connectivity index (χ1v) is 6.19. The maximum Gasteiger partial charge on any atom is 0.227 e. The van der Waals surface area contributed by atoms with Crippen molar-refractivity contribution in [2.75, 3.05) is 12.0 Å². The molecule has 2 aromatic heterocycles. The Morgan fingerprint density at radius 1 is 1.29 bits per heavy atom. The highest BCUT2D eigenvalue weighted by Crippen LogP contribution is 2.11. The van der Waals surface area contributed by atoms with Gasteiger partial charge in [0.2, 0.25) is 5.95 Å². The maximum atomic E-state index is 12.0. The van der Waals surface area contributed by atoms with Crippen LogP contribution in [0.5, 0.6) is 0 Å². The minimum Gasteiger partial charge on any atom is -0.321 e. The summed E-state index contributed by atoms with van der Waals surface area (Å²) in [5.74, 6) is 0.524. The lowest BCUT2D eigenvalue weighted by atomic mass is 10.5. The van der Waals surface area contributed by atoms with Crippen molar-refractivity contribution in [1.29, 1.82) is 0 Å². The Morgan fingerprint density at radius 2 is 2.06 bits per heavy atom. The van der Waals surface area contributed by atoms with Crippen molar-refractivity contribution in [3.63, 3.8) is 0 Å². The van der Waals surface area contributed by atoms with Gasteiger partial charge in [-0.2, -0.15) is 5.10 Å². The van der Waals surface area contributed by atoms with Crippen LogP contribution in [0.2, 0.25) is 0 Å². The first-order chi connectivity index (χ1) is 8.28. The Morgan fingerprint density at radius 3 is 2.76 bits per heavy atom. The molecule has 0 spiro atoms. The van der Waals surface area contributed by atoms with E-state index in [1.54, 1.807) is 29.5 Å². The zero-order chi connectivity index (χ0) is 12.1. The van der Waals surface area contributed by atoms with E-state index in [1.165, 1.54) is 0 Å². The van der Waals surface area contributed by atoms with Gasteiger partial charge in [0.15, 0.2) is 0 Å². The zero-order valence-corrected chi connectivity index (χ0v) is 11.1. The fourth-order valence-corrected chi connectivity index (χ4v) is 1.56. The van der Waals surface area contributed by atoms with Crippen molar-refractivity contribution in [1.82, 2.24) is 19.7 Å². The molecule has 2 aromatic rings. The van der Waals surface area contributed by atoms with E-state index < -0.39 is 0 Å². The number of hydrogen-bond donors (Lipinski definition) is 1. The molecule has 2 rings (SSSR count). The van der Waals surface area contributed by atoms with Crippen molar-refractivity contribution < 1.29 is 4.39 Å². The van der Waals surface area contributed by atoms with E-state index >= 15 is 0 Å². The molecule has 0 aliphatic carbocycles. The number of nitrogens with zero attached hydrogens (tertiary/aromatic N) is 4. The van der Waals surface area contributed by atoms with Gasteiger partial charge >= 0.3 is 0 Å². The monoisotopic (exact) mass is 347 g/mol. The quantitative estimate of drug-likeness (QED) is 0.844. The summed E-state index contributed by atoms with van der Waals surface area (Å²) in [6.45, 7) is 0.245. The molecule has 0 atom stereocenters. The zero-order valence-electron chi connectivity index (χ0n) is 8.98. The highest BCUT2D eigenvalue weighted by Gasteiger charge is 2.01. The molecule has 0 unspecified atom stereocenters. The summed E-state index contributed by atoms with van der Waals surface area (Å²) in [6.07, 6.45) is 7.39. The smallest absolute Gasteiger partial charge is 0.227 e. The number of nitrogens with one attached hydrogen (secondary N) is 1. The summed E-state index contributed by atoms with van der Waals surface area (Å²) in [5.41, 5.74) is 0.796. The van der Waals surface area contributed by atoms with Crippen molar-refractivity contribution in [3.05, 3.63) is 28.4 Å². The van der Waals surface area contributed by atoms with E-state index in [9.17, 15) is 4.39 Å². The van der Waals surface area contributed by atoms with Crippen LogP contribution in [-0.4, -0.2) is 26.4 Å². The molecule has 0 radical (unpaired) electrons. The summed E-state index contributed by atoms with van der Waals surface area (Å²) in [7, 11) is 0. The fraction of sp³-hybridized carbons (Fsp3) is 0.300. The van der Waals surface area contributed by atoms with Crippen LogP contribution in [0.4, 0.5) is 16.0 Å². The Labute approximate surface area is 112 Å². The van der Waals surface area contributed by atoms with Crippen LogP contribution in [0.25, 0.3) is 0 Å². The first kappa shape index (κ1) is 12.2. The topological polar surface area (TPSA) is 55.6 Å². The Bertz CT molecular complexity index is 470. The number of rotatable bonds is 5. The van der Waals surface area contributed by atoms with Crippen LogP contribution >= 0.6 is 22.6 Å². The van der Waals surface area contributed by atoms with Crippen molar-refractivity contribution >= 4 is 34.2 Å². The molecule has 7 heteroatoms. The lowest BCUT2D eigenvalue weighted by molar-refractivity contribution is 0.435. The van der Waals surface area contributed by atoms with Crippen LogP contribution in [0.3, 0.4) is 0 Å². The van der Waals surface area contributed by atoms with Crippen molar-refractivity contribution in [2.45, 2.75) is 13.0 Å². The Balaban J connectivity index is 1.98. The van der Waals surface area contributed by atoms with Gasteiger partial charge < -0.3 is 5.32 Å². The molecule has 0 amide bonds. The molecule has 0 aliphatic rings. The molecule has 0 bridgehead atoms. The number of halogens is 2. The maximum absolute atomic E-state index is 12.0. The minimum absolute atomic E-state index is 0.331. The van der Waals surface area contributed by atoms with Gasteiger partial charge in [-0.25, -0.2) is 9.97 Å². The predicted octanol–water partition coefficient (Wildman–Crippen LogP) is 2.38. The van der Waals surface area contributed by atoms with Crippen molar-refractivity contribution in [2.24, 2.45) is 0 Å². The summed E-state index contributed by atoms with van der Waals surface area (Å²) < 4.78 is 14.7. The number of anilines is 2. The van der Waals surface area contributed by atoms with E-state index in [1.807, 2.05) is 0 Å². The van der Waals surface area contributed by atoms with Crippen LogP contribution in [-0.2, 0) is 6.54 Å². The second-order valence-electron chi connectivity index (χ2n) is 3.38. The largest absolute Gasteiger partial charge is 0.321 e. The molecule has 0 saturated carbocycles. The third-order valence-corrected chi connectivity index (χ3v) is 2.59. The van der Waals surface area contributed by atoms with Gasteiger partial charge in [0.25, 0.3) is 0 Å². The van der Waals surface area contributed by atoms with Gasteiger partial charge in [0.05, 0.1) is 18.6 Å². The number of aryl methyl sites for hydroxylation is 1. The Kier molecular flexibility index (Phi) is 4.24. The number of alkyl halides is 1. The van der Waals surface area contributed by atoms with Crippen molar-refractivity contribution in [3.8, 4) is 0 Å². The van der Waals surface area contributed by atoms with Gasteiger partial charge in [-0.05, 0) is 29.0 Å². The minimum atomic E-state index is -0.331. The summed E-state index contributed by atoms with van der Waals surface area (Å²) in [6, 6.07) is 0. The molecular formula is C10H11FIN5. The lowest BCUT2D eigenvalue weighted by Crippen LogP contribution is -1.99. The summed E-state index contributed by atoms with van der Waals surface area (Å²) >= 11 is 2.14. The molecule has 17 heavy (non-hydrogen) atoms. The van der Waals surface area contributed by atoms with Crippen LogP contribution in [0.1, 0.15) is 6.42 Å². The molecule has 0 aliphatic heterocycles. The highest BCUT2D eigenvalue weighted by molar-refractivity contribution is 14.1. The summed E-state index contributed by atoms with van der Waals surface area (Å²) in [4.78, 5) is 8.24. The van der Waals surface area contributed by atoms with Crippen LogP contribution in [0.15, 0.2) is 24.8 Å². The van der Waals surface area contributed by atoms with E-state index in [-0.39, 0.29) is 6.67 Å². The molecule has 0 fully saturated rings. The van der Waals surface area contributed by atoms with Gasteiger partial charge in [-0.1, -0.05) is 0 Å². The van der Waals surface area contributed by atoms with Gasteiger partial charge in [-0.15, -0.1) is 0 Å². The Hall–Kier alpha value is -1.25. The first-order valence-electron chi connectivity index (χ1n) is 5.11. The van der Waals surface area contributed by atoms with E-state index in [2.05, 4.69) is 43.0 Å². The third-order valence-electron chi connectivity index (χ3n) is 2.03. The van der Waals surface area contributed by atoms with Crippen LogP contribution < -0.4 is 5.32 Å². The van der Waals surface area contributed by atoms with E-state index in [0.717, 1.165) is 9.26 Å². The number of hydrogen-bond acceptors (Lipinski definition) is 4. The predicted molar refractivity (Wildman–Crippen MR) is 70.9 cm³/mol. The molecule has 90 valence electrons. The van der Waals surface area contributed by atoms with Gasteiger partial charge in [-0.3, -0.25) is 9.07 Å². The molecule has 0 saturated heterocycles. The lowest BCUT2D eigenvalue weighted by Gasteiger charge is -2.00. The van der Waals surface area contributed by atoms with Crippen LogP contribution in [0, 0.1) is 3.57 Å². The average molecular weight is 347 g/mol. The second kappa shape index (κ2) is 5.89. The molecule has 2 heterocycles. The van der Waals surface area contributed by atoms with E-state index in [4.69, 9.17) is 0 Å². The third kappa shape index (κ3) is 3.62. The second-order valence-corrected chi connectivity index (χ2v) is 4.63.